The molecule has 3 heteroatoms. The van der Waals surface area contributed by atoms with Gasteiger partial charge in [-0.05, 0) is 18.4 Å². The van der Waals surface area contributed by atoms with Crippen molar-refractivity contribution in [2.75, 3.05) is 6.61 Å². The largest absolute Gasteiger partial charge is 0.466 e. The van der Waals surface area contributed by atoms with Gasteiger partial charge in [-0.15, -0.1) is 0 Å². The number of pyridine rings is 1. The number of benzene rings is 1. The van der Waals surface area contributed by atoms with Gasteiger partial charge >= 0.3 is 5.97 Å². The Morgan fingerprint density at radius 1 is 1.31 bits per heavy atom. The summed E-state index contributed by atoms with van der Waals surface area (Å²) >= 11 is 0. The van der Waals surface area contributed by atoms with Gasteiger partial charge in [0.05, 0.1) is 18.7 Å². The fourth-order valence-electron chi connectivity index (χ4n) is 1.67. The van der Waals surface area contributed by atoms with E-state index >= 15 is 0 Å². The maximum Gasteiger partial charge on any atom is 0.311 e. The van der Waals surface area contributed by atoms with E-state index in [0.29, 0.717) is 6.61 Å². The normalized spacial score (nSPS) is 10.3. The molecule has 1 heterocycles. The molecule has 0 atom stereocenters. The highest BCUT2D eigenvalue weighted by atomic mass is 16.5. The van der Waals surface area contributed by atoms with E-state index in [9.17, 15) is 4.79 Å². The van der Waals surface area contributed by atoms with Crippen LogP contribution in [-0.2, 0) is 16.0 Å². The van der Waals surface area contributed by atoms with Crippen molar-refractivity contribution in [2.24, 2.45) is 0 Å². The van der Waals surface area contributed by atoms with Crippen LogP contribution in [0.25, 0.3) is 10.8 Å². The van der Waals surface area contributed by atoms with Crippen LogP contribution in [0.15, 0.2) is 36.5 Å². The third-order valence-electron chi connectivity index (χ3n) is 2.37. The van der Waals surface area contributed by atoms with E-state index in [-0.39, 0.29) is 12.4 Å². The molecule has 0 N–H and O–H groups in total. The average Bonchev–Trinajstić information content (AvgIpc) is 2.30. The summed E-state index contributed by atoms with van der Waals surface area (Å²) in [7, 11) is 0. The molecule has 82 valence electrons. The van der Waals surface area contributed by atoms with Gasteiger partial charge in [0, 0.05) is 11.6 Å². The van der Waals surface area contributed by atoms with Crippen LogP contribution < -0.4 is 0 Å². The maximum atomic E-state index is 11.4. The lowest BCUT2D eigenvalue weighted by Crippen LogP contribution is -2.08. The van der Waals surface area contributed by atoms with Crippen molar-refractivity contribution >= 4 is 16.7 Å². The topological polar surface area (TPSA) is 39.2 Å². The zero-order chi connectivity index (χ0) is 11.4. The van der Waals surface area contributed by atoms with E-state index in [2.05, 4.69) is 4.98 Å². The standard InChI is InChI=1S/C13H13NO2/c1-2-16-13(15)9-12-11-6-4-3-5-10(11)7-8-14-12/h3-8H,2,9H2,1H3. The predicted octanol–water partition coefficient (Wildman–Crippen LogP) is 2.34. The molecule has 1 aromatic heterocycles. The van der Waals surface area contributed by atoms with Crippen LogP contribution in [0.5, 0.6) is 0 Å². The summed E-state index contributed by atoms with van der Waals surface area (Å²) in [6, 6.07) is 9.82. The van der Waals surface area contributed by atoms with Gasteiger partial charge in [0.25, 0.3) is 0 Å². The summed E-state index contributed by atoms with van der Waals surface area (Å²) in [4.78, 5) is 15.6. The first-order valence-electron chi connectivity index (χ1n) is 5.29. The van der Waals surface area contributed by atoms with Crippen LogP contribution in [-0.4, -0.2) is 17.6 Å². The highest BCUT2D eigenvalue weighted by Gasteiger charge is 2.08. The van der Waals surface area contributed by atoms with Crippen LogP contribution in [0.3, 0.4) is 0 Å². The Labute approximate surface area is 94.1 Å². The van der Waals surface area contributed by atoms with Gasteiger partial charge < -0.3 is 4.74 Å². The number of fused-ring (bicyclic) bond motifs is 1. The minimum absolute atomic E-state index is 0.230. The van der Waals surface area contributed by atoms with Gasteiger partial charge in [0.2, 0.25) is 0 Å². The zero-order valence-corrected chi connectivity index (χ0v) is 9.14. The van der Waals surface area contributed by atoms with Gasteiger partial charge in [0.15, 0.2) is 0 Å². The molecular formula is C13H13NO2. The lowest BCUT2D eigenvalue weighted by Gasteiger charge is -2.04. The molecule has 0 fully saturated rings. The number of aromatic nitrogens is 1. The van der Waals surface area contributed by atoms with Crippen molar-refractivity contribution in [1.29, 1.82) is 0 Å². The van der Waals surface area contributed by atoms with Crippen LogP contribution in [0.2, 0.25) is 0 Å². The molecule has 2 rings (SSSR count). The molecule has 0 aliphatic carbocycles. The minimum Gasteiger partial charge on any atom is -0.466 e. The Balaban J connectivity index is 2.33. The first-order chi connectivity index (χ1) is 7.81. The number of hydrogen-bond donors (Lipinski definition) is 0. The Morgan fingerprint density at radius 2 is 2.12 bits per heavy atom. The van der Waals surface area contributed by atoms with Gasteiger partial charge in [-0.25, -0.2) is 0 Å². The summed E-state index contributed by atoms with van der Waals surface area (Å²) in [5, 5.41) is 2.11. The van der Waals surface area contributed by atoms with Crippen LogP contribution >= 0.6 is 0 Å². The second-order valence-corrected chi connectivity index (χ2v) is 3.46. The molecule has 0 saturated heterocycles. The van der Waals surface area contributed by atoms with Crippen molar-refractivity contribution in [1.82, 2.24) is 4.98 Å². The Kier molecular flexibility index (Phi) is 3.15. The fourth-order valence-corrected chi connectivity index (χ4v) is 1.67. The van der Waals surface area contributed by atoms with Crippen molar-refractivity contribution < 1.29 is 9.53 Å². The Morgan fingerprint density at radius 3 is 2.94 bits per heavy atom. The maximum absolute atomic E-state index is 11.4. The average molecular weight is 215 g/mol. The molecule has 0 amide bonds. The predicted molar refractivity (Wildman–Crippen MR) is 62.1 cm³/mol. The van der Waals surface area contributed by atoms with Gasteiger partial charge in [-0.3, -0.25) is 9.78 Å². The van der Waals surface area contributed by atoms with Gasteiger partial charge in [0.1, 0.15) is 0 Å². The van der Waals surface area contributed by atoms with Crippen molar-refractivity contribution in [2.45, 2.75) is 13.3 Å². The van der Waals surface area contributed by atoms with Crippen molar-refractivity contribution in [3.8, 4) is 0 Å². The lowest BCUT2D eigenvalue weighted by molar-refractivity contribution is -0.142. The van der Waals surface area contributed by atoms with Gasteiger partial charge in [-0.1, -0.05) is 24.3 Å². The Hall–Kier alpha value is -1.90. The van der Waals surface area contributed by atoms with E-state index in [1.165, 1.54) is 0 Å². The fraction of sp³-hybridized carbons (Fsp3) is 0.231. The monoisotopic (exact) mass is 215 g/mol. The van der Waals surface area contributed by atoms with E-state index in [4.69, 9.17) is 4.74 Å². The summed E-state index contributed by atoms with van der Waals surface area (Å²) in [6.45, 7) is 2.21. The number of rotatable bonds is 3. The smallest absolute Gasteiger partial charge is 0.311 e. The van der Waals surface area contributed by atoms with E-state index in [1.807, 2.05) is 30.3 Å². The molecule has 0 radical (unpaired) electrons. The third kappa shape index (κ3) is 2.19. The SMILES string of the molecule is CCOC(=O)Cc1nccc2ccccc12. The number of carbonyl (C=O) groups excluding carboxylic acids is 1. The van der Waals surface area contributed by atoms with Crippen LogP contribution in [0.4, 0.5) is 0 Å². The molecule has 0 spiro atoms. The molecule has 0 unspecified atom stereocenters. The zero-order valence-electron chi connectivity index (χ0n) is 9.14. The molecule has 2 aromatic rings. The van der Waals surface area contributed by atoms with E-state index < -0.39 is 0 Å². The molecule has 0 bridgehead atoms. The first kappa shape index (κ1) is 10.6. The van der Waals surface area contributed by atoms with Crippen LogP contribution in [0.1, 0.15) is 12.6 Å². The molecule has 1 aromatic carbocycles. The van der Waals surface area contributed by atoms with Crippen LogP contribution in [0, 0.1) is 0 Å². The number of carbonyl (C=O) groups is 1. The number of ether oxygens (including phenoxy) is 1. The first-order valence-corrected chi connectivity index (χ1v) is 5.29. The molecular weight excluding hydrogens is 202 g/mol. The highest BCUT2D eigenvalue weighted by molar-refractivity contribution is 5.87. The summed E-state index contributed by atoms with van der Waals surface area (Å²) in [5.41, 5.74) is 0.775. The summed E-state index contributed by atoms with van der Waals surface area (Å²) in [6.07, 6.45) is 1.95. The van der Waals surface area contributed by atoms with Crippen molar-refractivity contribution in [3.05, 3.63) is 42.2 Å². The quantitative estimate of drug-likeness (QED) is 0.738. The number of hydrogen-bond acceptors (Lipinski definition) is 3. The van der Waals surface area contributed by atoms with Gasteiger partial charge in [-0.2, -0.15) is 0 Å². The second-order valence-electron chi connectivity index (χ2n) is 3.46. The van der Waals surface area contributed by atoms with E-state index in [0.717, 1.165) is 16.5 Å². The van der Waals surface area contributed by atoms with E-state index in [1.54, 1.807) is 13.1 Å². The minimum atomic E-state index is -0.230. The molecule has 0 saturated carbocycles. The molecule has 0 aliphatic rings. The third-order valence-corrected chi connectivity index (χ3v) is 2.37. The lowest BCUT2D eigenvalue weighted by atomic mass is 10.1. The molecule has 3 nitrogen and oxygen atoms in total. The number of esters is 1. The van der Waals surface area contributed by atoms with Crippen molar-refractivity contribution in [3.63, 3.8) is 0 Å². The molecule has 16 heavy (non-hydrogen) atoms. The number of nitrogens with zero attached hydrogens (tertiary/aromatic N) is 1. The Bertz CT molecular complexity index is 503. The molecule has 0 aliphatic heterocycles. The summed E-state index contributed by atoms with van der Waals surface area (Å²) in [5.74, 6) is -0.230. The highest BCUT2D eigenvalue weighted by Crippen LogP contribution is 2.16. The summed E-state index contributed by atoms with van der Waals surface area (Å²) < 4.78 is 4.92. The second kappa shape index (κ2) is 4.75.